The first-order valence-corrected chi connectivity index (χ1v) is 12.0. The van der Waals surface area contributed by atoms with Crippen LogP contribution < -0.4 is 4.31 Å². The van der Waals surface area contributed by atoms with Gasteiger partial charge < -0.3 is 4.74 Å². The highest BCUT2D eigenvalue weighted by Gasteiger charge is 2.33. The summed E-state index contributed by atoms with van der Waals surface area (Å²) in [7, 11) is -3.39. The van der Waals surface area contributed by atoms with Crippen LogP contribution >= 0.6 is 0 Å². The zero-order valence-electron chi connectivity index (χ0n) is 17.3. The van der Waals surface area contributed by atoms with E-state index in [2.05, 4.69) is 0 Å². The van der Waals surface area contributed by atoms with Crippen LogP contribution in [0.1, 0.15) is 57.7 Å². The minimum absolute atomic E-state index is 0.207. The second kappa shape index (κ2) is 7.54. The molecule has 0 aromatic heterocycles. The van der Waals surface area contributed by atoms with Crippen LogP contribution in [0.2, 0.25) is 0 Å². The van der Waals surface area contributed by atoms with Crippen molar-refractivity contribution in [1.82, 2.24) is 0 Å². The van der Waals surface area contributed by atoms with Gasteiger partial charge in [-0.25, -0.2) is 13.2 Å². The Bertz CT molecular complexity index is 1140. The molecule has 2 aliphatic rings. The molecule has 0 saturated heterocycles. The van der Waals surface area contributed by atoms with Gasteiger partial charge in [0.1, 0.15) is 0 Å². The Labute approximate surface area is 176 Å². The Balaban J connectivity index is 1.49. The SMILES string of the molecule is CC(OC(=O)c1ccc2c(c1)CC(C)N2S(C)(=O)=O)C(=O)c1ccc2c(c1)CCC2. The third-order valence-electron chi connectivity index (χ3n) is 5.86. The zero-order valence-corrected chi connectivity index (χ0v) is 18.2. The second-order valence-corrected chi connectivity index (χ2v) is 10.1. The lowest BCUT2D eigenvalue weighted by molar-refractivity contribution is 0.0318. The van der Waals surface area contributed by atoms with Crippen molar-refractivity contribution in [3.05, 3.63) is 64.2 Å². The summed E-state index contributed by atoms with van der Waals surface area (Å²) in [5, 5.41) is 0. The van der Waals surface area contributed by atoms with E-state index < -0.39 is 22.1 Å². The van der Waals surface area contributed by atoms with Gasteiger partial charge in [0.2, 0.25) is 15.8 Å². The van der Waals surface area contributed by atoms with E-state index in [4.69, 9.17) is 4.74 Å². The average molecular weight is 428 g/mol. The van der Waals surface area contributed by atoms with Gasteiger partial charge in [-0.2, -0.15) is 0 Å². The van der Waals surface area contributed by atoms with Crippen molar-refractivity contribution in [3.63, 3.8) is 0 Å². The first kappa shape index (κ1) is 20.6. The van der Waals surface area contributed by atoms with Crippen LogP contribution in [-0.4, -0.2) is 38.6 Å². The number of esters is 1. The lowest BCUT2D eigenvalue weighted by atomic mass is 10.0. The molecule has 0 fully saturated rings. The van der Waals surface area contributed by atoms with Gasteiger partial charge in [0.25, 0.3) is 0 Å². The Kier molecular flexibility index (Phi) is 5.18. The van der Waals surface area contributed by atoms with E-state index in [1.54, 1.807) is 31.2 Å². The number of hydrogen-bond acceptors (Lipinski definition) is 5. The van der Waals surface area contributed by atoms with Gasteiger partial charge in [-0.15, -0.1) is 0 Å². The molecule has 2 unspecified atom stereocenters. The molecule has 2 atom stereocenters. The molecule has 0 saturated carbocycles. The Morgan fingerprint density at radius 2 is 1.70 bits per heavy atom. The molecular formula is C23H25NO5S. The standard InChI is InChI=1S/C23H25NO5S/c1-14-11-20-13-19(9-10-21(20)24(14)30(3,27)28)23(26)29-15(2)22(25)18-8-7-16-5-4-6-17(16)12-18/h7-10,12-15H,4-6,11H2,1-3H3. The first-order chi connectivity index (χ1) is 14.1. The monoisotopic (exact) mass is 427 g/mol. The van der Waals surface area contributed by atoms with E-state index >= 15 is 0 Å². The number of aryl methyl sites for hydroxylation is 2. The maximum atomic E-state index is 12.7. The lowest BCUT2D eigenvalue weighted by Crippen LogP contribution is -2.34. The molecule has 2 aromatic rings. The smallest absolute Gasteiger partial charge is 0.338 e. The molecule has 7 heteroatoms. The van der Waals surface area contributed by atoms with Crippen LogP contribution in [0.15, 0.2) is 36.4 Å². The number of anilines is 1. The summed E-state index contributed by atoms with van der Waals surface area (Å²) in [4.78, 5) is 25.4. The number of carbonyl (C=O) groups excluding carboxylic acids is 2. The maximum absolute atomic E-state index is 12.7. The molecule has 30 heavy (non-hydrogen) atoms. The molecule has 1 aliphatic heterocycles. The van der Waals surface area contributed by atoms with Crippen molar-refractivity contribution in [3.8, 4) is 0 Å². The molecule has 158 valence electrons. The number of Topliss-reactive ketones (excluding diaryl/α,β-unsaturated/α-hetero) is 1. The van der Waals surface area contributed by atoms with Gasteiger partial charge in [-0.05, 0) is 80.5 Å². The zero-order chi connectivity index (χ0) is 21.6. The van der Waals surface area contributed by atoms with E-state index in [0.29, 0.717) is 23.2 Å². The van der Waals surface area contributed by atoms with Gasteiger partial charge >= 0.3 is 5.97 Å². The predicted molar refractivity (Wildman–Crippen MR) is 115 cm³/mol. The van der Waals surface area contributed by atoms with E-state index in [1.165, 1.54) is 21.7 Å². The molecule has 0 N–H and O–H groups in total. The van der Waals surface area contributed by atoms with Gasteiger partial charge in [0.05, 0.1) is 17.5 Å². The predicted octanol–water partition coefficient (Wildman–Crippen LogP) is 3.31. The highest BCUT2D eigenvalue weighted by Crippen LogP contribution is 2.35. The highest BCUT2D eigenvalue weighted by atomic mass is 32.2. The summed E-state index contributed by atoms with van der Waals surface area (Å²) in [5.74, 6) is -0.818. The fourth-order valence-corrected chi connectivity index (χ4v) is 5.74. The van der Waals surface area contributed by atoms with Crippen molar-refractivity contribution in [1.29, 1.82) is 0 Å². The van der Waals surface area contributed by atoms with Crippen LogP contribution in [0, 0.1) is 0 Å². The van der Waals surface area contributed by atoms with Crippen LogP contribution in [0.25, 0.3) is 0 Å². The second-order valence-electron chi connectivity index (χ2n) is 8.20. The molecule has 4 rings (SSSR count). The van der Waals surface area contributed by atoms with Crippen molar-refractivity contribution in [2.45, 2.75) is 51.7 Å². The van der Waals surface area contributed by atoms with E-state index in [9.17, 15) is 18.0 Å². The topological polar surface area (TPSA) is 80.8 Å². The Hall–Kier alpha value is -2.67. The molecule has 1 heterocycles. The molecule has 2 aromatic carbocycles. The summed E-state index contributed by atoms with van der Waals surface area (Å²) >= 11 is 0. The summed E-state index contributed by atoms with van der Waals surface area (Å²) in [6.45, 7) is 3.41. The number of nitrogens with zero attached hydrogens (tertiary/aromatic N) is 1. The van der Waals surface area contributed by atoms with Crippen LogP contribution in [0.3, 0.4) is 0 Å². The molecule has 0 spiro atoms. The molecular weight excluding hydrogens is 402 g/mol. The normalized spacial score (nSPS) is 18.6. The number of rotatable bonds is 5. The largest absolute Gasteiger partial charge is 0.451 e. The number of hydrogen-bond donors (Lipinski definition) is 0. The van der Waals surface area contributed by atoms with Gasteiger partial charge in [0, 0.05) is 11.6 Å². The van der Waals surface area contributed by atoms with E-state index in [-0.39, 0.29) is 11.8 Å². The lowest BCUT2D eigenvalue weighted by Gasteiger charge is -2.22. The van der Waals surface area contributed by atoms with Crippen molar-refractivity contribution >= 4 is 27.5 Å². The number of fused-ring (bicyclic) bond motifs is 2. The fourth-order valence-electron chi connectivity index (χ4n) is 4.48. The summed E-state index contributed by atoms with van der Waals surface area (Å²) in [5.41, 5.74) is 4.71. The van der Waals surface area contributed by atoms with Gasteiger partial charge in [-0.3, -0.25) is 9.10 Å². The highest BCUT2D eigenvalue weighted by molar-refractivity contribution is 7.92. The number of ketones is 1. The summed E-state index contributed by atoms with van der Waals surface area (Å²) in [6, 6.07) is 10.3. The molecule has 0 amide bonds. The fraction of sp³-hybridized carbons (Fsp3) is 0.391. The average Bonchev–Trinajstić information content (AvgIpc) is 3.28. The Morgan fingerprint density at radius 3 is 2.43 bits per heavy atom. The van der Waals surface area contributed by atoms with E-state index in [0.717, 1.165) is 24.8 Å². The molecule has 1 aliphatic carbocycles. The quantitative estimate of drug-likeness (QED) is 0.540. The summed E-state index contributed by atoms with van der Waals surface area (Å²) < 4.78 is 30.9. The summed E-state index contributed by atoms with van der Waals surface area (Å²) in [6.07, 6.45) is 3.91. The minimum atomic E-state index is -3.39. The van der Waals surface area contributed by atoms with Crippen LogP contribution in [0.4, 0.5) is 5.69 Å². The van der Waals surface area contributed by atoms with E-state index in [1.807, 2.05) is 19.1 Å². The number of ether oxygens (including phenoxy) is 1. The van der Waals surface area contributed by atoms with Crippen LogP contribution in [0.5, 0.6) is 0 Å². The number of benzene rings is 2. The van der Waals surface area contributed by atoms with Crippen molar-refractivity contribution < 1.29 is 22.7 Å². The molecule has 6 nitrogen and oxygen atoms in total. The molecule has 0 bridgehead atoms. The molecule has 0 radical (unpaired) electrons. The van der Waals surface area contributed by atoms with Gasteiger partial charge in [-0.1, -0.05) is 12.1 Å². The maximum Gasteiger partial charge on any atom is 0.338 e. The van der Waals surface area contributed by atoms with Gasteiger partial charge in [0.15, 0.2) is 6.10 Å². The van der Waals surface area contributed by atoms with Crippen molar-refractivity contribution in [2.24, 2.45) is 0 Å². The third kappa shape index (κ3) is 3.74. The third-order valence-corrected chi connectivity index (χ3v) is 7.13. The minimum Gasteiger partial charge on any atom is -0.451 e. The first-order valence-electron chi connectivity index (χ1n) is 10.1. The number of carbonyl (C=O) groups is 2. The Morgan fingerprint density at radius 1 is 1.03 bits per heavy atom. The number of sulfonamides is 1. The van der Waals surface area contributed by atoms with Crippen molar-refractivity contribution in [2.75, 3.05) is 10.6 Å². The van der Waals surface area contributed by atoms with Crippen LogP contribution in [-0.2, 0) is 34.0 Å².